The van der Waals surface area contributed by atoms with Crippen molar-refractivity contribution in [3.05, 3.63) is 168 Å². The summed E-state index contributed by atoms with van der Waals surface area (Å²) in [5, 5.41) is 32.0. The molecule has 4 heteroatoms. The third-order valence-electron chi connectivity index (χ3n) is 10.9. The van der Waals surface area contributed by atoms with Gasteiger partial charge in [0, 0.05) is 6.42 Å². The van der Waals surface area contributed by atoms with Crippen LogP contribution in [0.4, 0.5) is 0 Å². The number of benzene rings is 6. The molecule has 0 atom stereocenters. The number of phenols is 2. The lowest BCUT2D eigenvalue weighted by atomic mass is 9.99. The van der Waals surface area contributed by atoms with Gasteiger partial charge in [-0.05, 0) is 66.2 Å². The van der Waals surface area contributed by atoms with Gasteiger partial charge in [0.05, 0.1) is 0 Å². The molecule has 260 valence electrons. The molecule has 0 aliphatic carbocycles. The summed E-state index contributed by atoms with van der Waals surface area (Å²) in [6.07, 6.45) is 0.414. The first-order chi connectivity index (χ1) is 24.2. The topological polar surface area (TPSA) is 40.5 Å². The molecule has 6 aromatic rings. The Morgan fingerprint density at radius 2 is 0.667 bits per heavy atom. The van der Waals surface area contributed by atoms with Crippen LogP contribution in [0.3, 0.4) is 0 Å². The van der Waals surface area contributed by atoms with Crippen LogP contribution in [0.5, 0.6) is 11.5 Å². The number of aromatic hydroxyl groups is 2. The summed E-state index contributed by atoms with van der Waals surface area (Å²) >= 11 is 0. The highest BCUT2D eigenvalue weighted by Gasteiger charge is 2.52. The molecule has 0 spiro atoms. The van der Waals surface area contributed by atoms with E-state index in [0.717, 1.165) is 32.6 Å². The van der Waals surface area contributed by atoms with Crippen molar-refractivity contribution in [1.82, 2.24) is 0 Å². The van der Waals surface area contributed by atoms with E-state index in [1.807, 2.05) is 0 Å². The van der Waals surface area contributed by atoms with Crippen molar-refractivity contribution in [3.63, 3.8) is 0 Å². The largest absolute Gasteiger partial charge is 0.508 e. The maximum absolute atomic E-state index is 12.6. The lowest BCUT2D eigenvalue weighted by Gasteiger charge is -2.45. The van der Waals surface area contributed by atoms with E-state index in [4.69, 9.17) is 0 Å². The number of rotatable bonds is 8. The molecule has 0 fully saturated rings. The van der Waals surface area contributed by atoms with E-state index in [0.29, 0.717) is 17.9 Å². The van der Waals surface area contributed by atoms with Gasteiger partial charge in [0.15, 0.2) is 16.1 Å². The molecular weight excluding hydrogens is 653 g/mol. The molecule has 6 aromatic carbocycles. The third kappa shape index (κ3) is 6.19. The smallest absolute Gasteiger partial charge is 0.158 e. The molecule has 2 N–H and O–H groups in total. The minimum atomic E-state index is -2.83. The van der Waals surface area contributed by atoms with Gasteiger partial charge >= 0.3 is 0 Å². The van der Waals surface area contributed by atoms with Crippen molar-refractivity contribution < 1.29 is 10.2 Å². The fraction of sp³-hybridized carbons (Fsp3) is 0.234. The molecular formula is C47H52O2Si2. The van der Waals surface area contributed by atoms with Crippen molar-refractivity contribution in [2.24, 2.45) is 0 Å². The third-order valence-corrected chi connectivity index (χ3v) is 22.6. The van der Waals surface area contributed by atoms with E-state index in [1.54, 1.807) is 0 Å². The molecule has 0 heterocycles. The Bertz CT molecular complexity index is 1880. The van der Waals surface area contributed by atoms with Crippen LogP contribution in [0.1, 0.15) is 63.8 Å². The number of phenolic OH excluding ortho intramolecular Hbond substituents is 2. The van der Waals surface area contributed by atoms with Crippen molar-refractivity contribution in [2.75, 3.05) is 0 Å². The van der Waals surface area contributed by atoms with Crippen LogP contribution in [-0.4, -0.2) is 26.4 Å². The molecule has 0 aromatic heterocycles. The van der Waals surface area contributed by atoms with Gasteiger partial charge in [-0.3, -0.25) is 0 Å². The van der Waals surface area contributed by atoms with E-state index in [2.05, 4.69) is 201 Å². The van der Waals surface area contributed by atoms with Gasteiger partial charge in [0.1, 0.15) is 11.5 Å². The normalized spacial score (nSPS) is 12.5. The summed E-state index contributed by atoms with van der Waals surface area (Å²) in [6.45, 7) is 18.2. The van der Waals surface area contributed by atoms with Crippen LogP contribution in [0.25, 0.3) is 0 Å². The zero-order chi connectivity index (χ0) is 36.6. The molecule has 0 amide bonds. The van der Waals surface area contributed by atoms with Crippen LogP contribution in [-0.2, 0) is 6.42 Å². The molecule has 2 nitrogen and oxygen atoms in total. The van der Waals surface area contributed by atoms with Gasteiger partial charge < -0.3 is 10.2 Å². The van der Waals surface area contributed by atoms with E-state index in [9.17, 15) is 10.2 Å². The van der Waals surface area contributed by atoms with Gasteiger partial charge in [0.2, 0.25) is 0 Å². The highest BCUT2D eigenvalue weighted by Crippen LogP contribution is 2.41. The van der Waals surface area contributed by atoms with E-state index < -0.39 is 16.1 Å². The van der Waals surface area contributed by atoms with Crippen molar-refractivity contribution in [2.45, 2.75) is 71.9 Å². The van der Waals surface area contributed by atoms with Crippen LogP contribution >= 0.6 is 0 Å². The minimum Gasteiger partial charge on any atom is -0.508 e. The van der Waals surface area contributed by atoms with Gasteiger partial charge in [-0.1, -0.05) is 198 Å². The quantitative estimate of drug-likeness (QED) is 0.125. The Kier molecular flexibility index (Phi) is 9.80. The zero-order valence-electron chi connectivity index (χ0n) is 31.5. The second-order valence-corrected chi connectivity index (χ2v) is 25.7. The molecule has 6 rings (SSSR count). The molecule has 0 saturated heterocycles. The Morgan fingerprint density at radius 1 is 0.412 bits per heavy atom. The van der Waals surface area contributed by atoms with Gasteiger partial charge in [0.25, 0.3) is 0 Å². The fourth-order valence-corrected chi connectivity index (χ4v) is 20.7. The molecule has 0 unspecified atom stereocenters. The van der Waals surface area contributed by atoms with Crippen molar-refractivity contribution in [3.8, 4) is 11.5 Å². The lowest BCUT2D eigenvalue weighted by molar-refractivity contribution is 0.466. The molecule has 0 aliphatic rings. The maximum Gasteiger partial charge on any atom is 0.158 e. The standard InChI is InChI=1S/C47H52O2Si2/c1-34-29-36(44(48)42(31-34)50(46(3,4)5,38-21-13-9-14-22-38)39-23-15-10-16-24-39)33-37-30-35(2)32-43(45(37)49)51(47(6,7)8,40-25-17-11-18-26-40)41-27-19-12-20-28-41/h9-32,48-49H,33H2,1-8H3. The summed E-state index contributed by atoms with van der Waals surface area (Å²) in [5.41, 5.74) is 3.88. The van der Waals surface area contributed by atoms with Crippen molar-refractivity contribution >= 4 is 47.3 Å². The maximum atomic E-state index is 12.6. The lowest BCUT2D eigenvalue weighted by Crippen LogP contribution is -2.72. The monoisotopic (exact) mass is 704 g/mol. The van der Waals surface area contributed by atoms with E-state index >= 15 is 0 Å². The molecule has 0 aliphatic heterocycles. The van der Waals surface area contributed by atoms with Gasteiger partial charge in [-0.25, -0.2) is 0 Å². The van der Waals surface area contributed by atoms with Crippen LogP contribution < -0.4 is 31.1 Å². The average Bonchev–Trinajstić information content (AvgIpc) is 3.10. The number of hydrogen-bond donors (Lipinski definition) is 2. The second kappa shape index (κ2) is 13.8. The fourth-order valence-electron chi connectivity index (χ4n) is 9.00. The van der Waals surface area contributed by atoms with Crippen LogP contribution in [0.2, 0.25) is 10.1 Å². The van der Waals surface area contributed by atoms with E-state index in [-0.39, 0.29) is 10.1 Å². The van der Waals surface area contributed by atoms with Crippen molar-refractivity contribution in [1.29, 1.82) is 0 Å². The molecule has 0 saturated carbocycles. The Balaban J connectivity index is 1.62. The summed E-state index contributed by atoms with van der Waals surface area (Å²) in [7, 11) is -5.67. The number of aryl methyl sites for hydroxylation is 2. The first-order valence-corrected chi connectivity index (χ1v) is 22.1. The van der Waals surface area contributed by atoms with Gasteiger partial charge in [-0.15, -0.1) is 0 Å². The summed E-state index contributed by atoms with van der Waals surface area (Å²) < 4.78 is 0. The first kappa shape index (κ1) is 36.2. The highest BCUT2D eigenvalue weighted by atomic mass is 28.3. The predicted molar refractivity (Wildman–Crippen MR) is 223 cm³/mol. The van der Waals surface area contributed by atoms with Crippen LogP contribution in [0, 0.1) is 13.8 Å². The summed E-state index contributed by atoms with van der Waals surface area (Å²) in [5.74, 6) is 0.672. The van der Waals surface area contributed by atoms with E-state index in [1.165, 1.54) is 20.7 Å². The minimum absolute atomic E-state index is 0.180. The Hall–Kier alpha value is -4.65. The van der Waals surface area contributed by atoms with Gasteiger partial charge in [-0.2, -0.15) is 0 Å². The SMILES string of the molecule is Cc1cc(Cc2cc(C)cc([Si](c3ccccc3)(c3ccccc3)C(C)(C)C)c2O)c(O)c([Si](c2ccccc2)(c2ccccc2)C(C)(C)C)c1. The molecule has 51 heavy (non-hydrogen) atoms. The molecule has 0 radical (unpaired) electrons. The molecule has 0 bridgehead atoms. The predicted octanol–water partition coefficient (Wildman–Crippen LogP) is 7.85. The zero-order valence-corrected chi connectivity index (χ0v) is 33.5. The Labute approximate surface area is 307 Å². The second-order valence-electron chi connectivity index (χ2n) is 16.3. The summed E-state index contributed by atoms with van der Waals surface area (Å²) in [6, 6.07) is 51.9. The highest BCUT2D eigenvalue weighted by molar-refractivity contribution is 7.14. The van der Waals surface area contributed by atoms with Crippen LogP contribution in [0.15, 0.2) is 146 Å². The summed E-state index contributed by atoms with van der Waals surface area (Å²) in [4.78, 5) is 0. The Morgan fingerprint density at radius 3 is 0.902 bits per heavy atom. The number of hydrogen-bond acceptors (Lipinski definition) is 2. The first-order valence-electron chi connectivity index (χ1n) is 18.1. The average molecular weight is 705 g/mol.